The summed E-state index contributed by atoms with van der Waals surface area (Å²) < 4.78 is 41.2. The number of ether oxygens (including phenoxy) is 2. The van der Waals surface area contributed by atoms with Crippen LogP contribution in [0.15, 0.2) is 61.2 Å². The van der Waals surface area contributed by atoms with Crippen molar-refractivity contribution in [3.05, 3.63) is 94.1 Å². The van der Waals surface area contributed by atoms with E-state index in [-0.39, 0.29) is 23.0 Å². The number of hydrogen-bond acceptors (Lipinski definition) is 8. The van der Waals surface area contributed by atoms with E-state index in [1.807, 2.05) is 0 Å². The third kappa shape index (κ3) is 6.13. The molecule has 190 valence electrons. The number of benzene rings is 2. The molecule has 3 aromatic rings. The number of halogens is 2. The zero-order valence-corrected chi connectivity index (χ0v) is 20.1. The van der Waals surface area contributed by atoms with E-state index in [1.54, 1.807) is 31.2 Å². The fraction of sp³-hybridized carbons (Fsp3) is 0.333. The van der Waals surface area contributed by atoms with Crippen LogP contribution in [0.3, 0.4) is 0 Å². The number of nitro benzene ring substituents is 1. The zero-order valence-electron chi connectivity index (χ0n) is 19.2. The second kappa shape index (κ2) is 11.2. The molecule has 0 aliphatic carbocycles. The van der Waals surface area contributed by atoms with E-state index < -0.39 is 33.7 Å². The number of thioether (sulfide) groups is 1. The van der Waals surface area contributed by atoms with Gasteiger partial charge in [-0.05, 0) is 29.8 Å². The van der Waals surface area contributed by atoms with E-state index in [1.165, 1.54) is 47.3 Å². The van der Waals surface area contributed by atoms with Gasteiger partial charge in [-0.3, -0.25) is 10.1 Å². The predicted molar refractivity (Wildman–Crippen MR) is 129 cm³/mol. The van der Waals surface area contributed by atoms with Crippen LogP contribution in [0.1, 0.15) is 18.1 Å². The minimum atomic E-state index is -1.72. The van der Waals surface area contributed by atoms with E-state index in [2.05, 4.69) is 10.1 Å². The molecule has 2 aromatic carbocycles. The summed E-state index contributed by atoms with van der Waals surface area (Å²) >= 11 is 1.37. The van der Waals surface area contributed by atoms with E-state index in [9.17, 15) is 24.0 Å². The lowest BCUT2D eigenvalue weighted by Gasteiger charge is -2.37. The molecule has 2 atom stereocenters. The van der Waals surface area contributed by atoms with Crippen molar-refractivity contribution in [1.82, 2.24) is 14.8 Å². The first kappa shape index (κ1) is 25.9. The van der Waals surface area contributed by atoms with Crippen LogP contribution in [0.25, 0.3) is 6.08 Å². The van der Waals surface area contributed by atoms with Crippen LogP contribution in [-0.4, -0.2) is 54.8 Å². The van der Waals surface area contributed by atoms with E-state index in [0.717, 1.165) is 17.7 Å². The standard InChI is InChI=1S/C24H24F2N4O5S/c1-16(24(31,13-29-15-27-14-28-29)21-8-5-18(25)10-22(21)26)36-20-11-34-23(35-12-20)9-4-17-2-6-19(7-3-17)30(32)33/h2-10,14-16,20,23,31H,11-13H2,1H3/t16-,20?,23?,24-/m1/s1. The van der Waals surface area contributed by atoms with Crippen LogP contribution in [-0.2, 0) is 21.6 Å². The lowest BCUT2D eigenvalue weighted by atomic mass is 9.90. The fourth-order valence-corrected chi connectivity index (χ4v) is 5.14. The molecule has 1 saturated heterocycles. The Morgan fingerprint density at radius 1 is 1.28 bits per heavy atom. The lowest BCUT2D eigenvalue weighted by molar-refractivity contribution is -0.384. The average Bonchev–Trinajstić information content (AvgIpc) is 3.36. The molecule has 2 heterocycles. The molecule has 0 unspecified atom stereocenters. The Kier molecular flexibility index (Phi) is 8.09. The zero-order chi connectivity index (χ0) is 25.7. The highest BCUT2D eigenvalue weighted by molar-refractivity contribution is 8.00. The molecule has 1 aliphatic heterocycles. The number of nitro groups is 1. The quantitative estimate of drug-likeness (QED) is 0.335. The molecular formula is C24H24F2N4O5S. The van der Waals surface area contributed by atoms with Gasteiger partial charge in [-0.1, -0.05) is 19.1 Å². The van der Waals surface area contributed by atoms with Gasteiger partial charge >= 0.3 is 0 Å². The van der Waals surface area contributed by atoms with E-state index >= 15 is 0 Å². The maximum Gasteiger partial charge on any atom is 0.269 e. The summed E-state index contributed by atoms with van der Waals surface area (Å²) in [6, 6.07) is 9.18. The molecule has 4 rings (SSSR count). The first-order chi connectivity index (χ1) is 17.2. The van der Waals surface area contributed by atoms with Crippen molar-refractivity contribution in [2.45, 2.75) is 35.9 Å². The third-order valence-electron chi connectivity index (χ3n) is 5.78. The van der Waals surface area contributed by atoms with Gasteiger partial charge < -0.3 is 14.6 Å². The van der Waals surface area contributed by atoms with Crippen LogP contribution in [0.5, 0.6) is 0 Å². The maximum absolute atomic E-state index is 14.7. The normalized spacial score (nSPS) is 20.8. The van der Waals surface area contributed by atoms with Crippen molar-refractivity contribution in [1.29, 1.82) is 0 Å². The van der Waals surface area contributed by atoms with Gasteiger partial charge in [0, 0.05) is 29.0 Å². The molecule has 0 amide bonds. The Morgan fingerprint density at radius 2 is 2.00 bits per heavy atom. The smallest absolute Gasteiger partial charge is 0.269 e. The van der Waals surface area contributed by atoms with Crippen molar-refractivity contribution < 1.29 is 28.3 Å². The first-order valence-corrected chi connectivity index (χ1v) is 12.0. The lowest BCUT2D eigenvalue weighted by Crippen LogP contribution is -2.43. The molecule has 0 spiro atoms. The highest BCUT2D eigenvalue weighted by atomic mass is 32.2. The van der Waals surface area contributed by atoms with E-state index in [0.29, 0.717) is 13.2 Å². The second-order valence-electron chi connectivity index (χ2n) is 8.28. The van der Waals surface area contributed by atoms with Crippen LogP contribution in [0.2, 0.25) is 0 Å². The summed E-state index contributed by atoms with van der Waals surface area (Å²) in [4.78, 5) is 14.2. The van der Waals surface area contributed by atoms with Gasteiger partial charge in [0.1, 0.15) is 29.9 Å². The van der Waals surface area contributed by atoms with Gasteiger partial charge in [0.15, 0.2) is 6.29 Å². The highest BCUT2D eigenvalue weighted by Gasteiger charge is 2.41. The number of non-ortho nitro benzene ring substituents is 1. The summed E-state index contributed by atoms with van der Waals surface area (Å²) in [6.07, 6.45) is 5.58. The van der Waals surface area contributed by atoms with Gasteiger partial charge in [0.2, 0.25) is 0 Å². The van der Waals surface area contributed by atoms with Crippen molar-refractivity contribution in [2.75, 3.05) is 13.2 Å². The monoisotopic (exact) mass is 518 g/mol. The molecule has 1 aliphatic rings. The van der Waals surface area contributed by atoms with Crippen LogP contribution < -0.4 is 0 Å². The topological polar surface area (TPSA) is 113 Å². The van der Waals surface area contributed by atoms with Crippen molar-refractivity contribution in [2.24, 2.45) is 0 Å². The number of aromatic nitrogens is 3. The van der Waals surface area contributed by atoms with Crippen molar-refractivity contribution >= 4 is 23.5 Å². The van der Waals surface area contributed by atoms with Gasteiger partial charge in [-0.2, -0.15) is 5.10 Å². The Balaban J connectivity index is 1.39. The molecular weight excluding hydrogens is 494 g/mol. The molecule has 1 fully saturated rings. The van der Waals surface area contributed by atoms with Crippen molar-refractivity contribution in [3.8, 4) is 0 Å². The Bertz CT molecular complexity index is 1200. The second-order valence-corrected chi connectivity index (χ2v) is 9.93. The minimum Gasteiger partial charge on any atom is -0.382 e. The highest BCUT2D eigenvalue weighted by Crippen LogP contribution is 2.38. The Labute approximate surface area is 209 Å². The molecule has 0 radical (unpaired) electrons. The summed E-state index contributed by atoms with van der Waals surface area (Å²) in [7, 11) is 0. The number of rotatable bonds is 9. The number of hydrogen-bond donors (Lipinski definition) is 1. The molecule has 12 heteroatoms. The Morgan fingerprint density at radius 3 is 2.61 bits per heavy atom. The van der Waals surface area contributed by atoms with Crippen molar-refractivity contribution in [3.63, 3.8) is 0 Å². The predicted octanol–water partition coefficient (Wildman–Crippen LogP) is 3.93. The molecule has 1 N–H and O–H groups in total. The van der Waals surface area contributed by atoms with Crippen LogP contribution in [0, 0.1) is 21.7 Å². The summed E-state index contributed by atoms with van der Waals surface area (Å²) in [5, 5.41) is 25.7. The number of nitrogens with zero attached hydrogens (tertiary/aromatic N) is 4. The molecule has 0 bridgehead atoms. The van der Waals surface area contributed by atoms with Gasteiger partial charge in [-0.25, -0.2) is 18.4 Å². The molecule has 9 nitrogen and oxygen atoms in total. The van der Waals surface area contributed by atoms with Crippen LogP contribution >= 0.6 is 11.8 Å². The average molecular weight is 519 g/mol. The third-order valence-corrected chi connectivity index (χ3v) is 7.23. The molecule has 1 aromatic heterocycles. The van der Waals surface area contributed by atoms with Gasteiger partial charge in [-0.15, -0.1) is 11.8 Å². The molecule has 36 heavy (non-hydrogen) atoms. The minimum absolute atomic E-state index is 0.00981. The van der Waals surface area contributed by atoms with Gasteiger partial charge in [0.05, 0.1) is 29.9 Å². The fourth-order valence-electron chi connectivity index (χ4n) is 3.82. The maximum atomic E-state index is 14.7. The first-order valence-electron chi connectivity index (χ1n) is 11.1. The summed E-state index contributed by atoms with van der Waals surface area (Å²) in [5.74, 6) is -1.58. The molecule has 0 saturated carbocycles. The van der Waals surface area contributed by atoms with Crippen LogP contribution in [0.4, 0.5) is 14.5 Å². The van der Waals surface area contributed by atoms with Gasteiger partial charge in [0.25, 0.3) is 5.69 Å². The number of aliphatic hydroxyl groups is 1. The summed E-state index contributed by atoms with van der Waals surface area (Å²) in [5.41, 5.74) is -0.989. The van der Waals surface area contributed by atoms with E-state index in [4.69, 9.17) is 9.47 Å². The largest absolute Gasteiger partial charge is 0.382 e. The SMILES string of the molecule is C[C@@H](SC1COC(C=Cc2ccc([N+](=O)[O-])cc2)OC1)[C@](O)(Cn1cncn1)c1ccc(F)cc1F. The Hall–Kier alpha value is -3.19. The summed E-state index contributed by atoms with van der Waals surface area (Å²) in [6.45, 7) is 2.30.